The quantitative estimate of drug-likeness (QED) is 0.917. The van der Waals surface area contributed by atoms with Crippen LogP contribution in [0.3, 0.4) is 0 Å². The van der Waals surface area contributed by atoms with Crippen LogP contribution in [0.1, 0.15) is 34.0 Å². The minimum absolute atomic E-state index is 0.0175. The van der Waals surface area contributed by atoms with Gasteiger partial charge >= 0.3 is 0 Å². The first-order valence-electron chi connectivity index (χ1n) is 8.59. The summed E-state index contributed by atoms with van der Waals surface area (Å²) in [7, 11) is 0. The van der Waals surface area contributed by atoms with Gasteiger partial charge in [-0.25, -0.2) is 0 Å². The Morgan fingerprint density at radius 3 is 2.80 bits per heavy atom. The molecule has 0 spiro atoms. The number of rotatable bonds is 2. The van der Waals surface area contributed by atoms with Gasteiger partial charge in [0.25, 0.3) is 5.91 Å². The van der Waals surface area contributed by atoms with Gasteiger partial charge in [-0.1, -0.05) is 30.3 Å². The van der Waals surface area contributed by atoms with Crippen LogP contribution in [-0.2, 0) is 16.0 Å². The van der Waals surface area contributed by atoms with Crippen LogP contribution in [0.2, 0.25) is 0 Å². The molecule has 1 saturated heterocycles. The summed E-state index contributed by atoms with van der Waals surface area (Å²) in [5.74, 6) is 0.0504. The van der Waals surface area contributed by atoms with Crippen molar-refractivity contribution >= 4 is 17.5 Å². The summed E-state index contributed by atoms with van der Waals surface area (Å²) in [6, 6.07) is 15.5. The first-order valence-corrected chi connectivity index (χ1v) is 8.59. The summed E-state index contributed by atoms with van der Waals surface area (Å²) in [6.45, 7) is 1.68. The number of hydrogen-bond acceptors (Lipinski definition) is 3. The van der Waals surface area contributed by atoms with Crippen LogP contribution >= 0.6 is 0 Å². The lowest BCUT2D eigenvalue weighted by Crippen LogP contribution is -2.42. The number of aryl methyl sites for hydroxylation is 1. The molecule has 0 unspecified atom stereocenters. The maximum absolute atomic E-state index is 12.9. The molecule has 0 bridgehead atoms. The fourth-order valence-corrected chi connectivity index (χ4v) is 3.40. The highest BCUT2D eigenvalue weighted by atomic mass is 16.5. The second-order valence-corrected chi connectivity index (χ2v) is 6.44. The van der Waals surface area contributed by atoms with Crippen molar-refractivity contribution < 1.29 is 14.3 Å². The van der Waals surface area contributed by atoms with E-state index in [-0.39, 0.29) is 17.9 Å². The van der Waals surface area contributed by atoms with Gasteiger partial charge in [-0.2, -0.15) is 0 Å². The molecule has 25 heavy (non-hydrogen) atoms. The summed E-state index contributed by atoms with van der Waals surface area (Å²) in [5, 5.41) is 2.85. The molecule has 1 fully saturated rings. The van der Waals surface area contributed by atoms with Crippen LogP contribution in [-0.4, -0.2) is 36.4 Å². The predicted octanol–water partition coefficient (Wildman–Crippen LogP) is 2.79. The van der Waals surface area contributed by atoms with E-state index in [2.05, 4.69) is 5.32 Å². The minimum atomic E-state index is -0.0872. The smallest absolute Gasteiger partial charge is 0.254 e. The van der Waals surface area contributed by atoms with Crippen molar-refractivity contribution in [2.45, 2.75) is 18.9 Å². The van der Waals surface area contributed by atoms with E-state index in [1.54, 1.807) is 6.07 Å². The maximum atomic E-state index is 12.9. The van der Waals surface area contributed by atoms with E-state index in [4.69, 9.17) is 4.74 Å². The third-order valence-electron chi connectivity index (χ3n) is 4.77. The largest absolute Gasteiger partial charge is 0.370 e. The lowest BCUT2D eigenvalue weighted by atomic mass is 9.99. The summed E-state index contributed by atoms with van der Waals surface area (Å²) >= 11 is 0. The molecule has 0 aliphatic carbocycles. The van der Waals surface area contributed by atoms with Crippen LogP contribution in [0.4, 0.5) is 5.69 Å². The van der Waals surface area contributed by atoms with Gasteiger partial charge in [-0.05, 0) is 35.7 Å². The van der Waals surface area contributed by atoms with Crippen LogP contribution in [0.25, 0.3) is 0 Å². The number of morpholine rings is 1. The fraction of sp³-hybridized carbons (Fsp3) is 0.300. The van der Waals surface area contributed by atoms with Gasteiger partial charge < -0.3 is 15.0 Å². The molecule has 2 aromatic carbocycles. The maximum Gasteiger partial charge on any atom is 0.254 e. The number of carbonyl (C=O) groups excluding carboxylic acids is 2. The van der Waals surface area contributed by atoms with Gasteiger partial charge in [-0.3, -0.25) is 9.59 Å². The van der Waals surface area contributed by atoms with Crippen molar-refractivity contribution in [3.8, 4) is 0 Å². The molecule has 4 rings (SSSR count). The van der Waals surface area contributed by atoms with E-state index in [1.165, 1.54) is 0 Å². The molecule has 2 aliphatic rings. The van der Waals surface area contributed by atoms with E-state index in [1.807, 2.05) is 47.4 Å². The molecule has 1 atom stereocenters. The Labute approximate surface area is 146 Å². The van der Waals surface area contributed by atoms with Crippen LogP contribution in [0, 0.1) is 0 Å². The molecular weight excluding hydrogens is 316 g/mol. The Hall–Kier alpha value is -2.66. The van der Waals surface area contributed by atoms with Gasteiger partial charge in [-0.15, -0.1) is 0 Å². The van der Waals surface area contributed by atoms with Crippen LogP contribution in [0.5, 0.6) is 0 Å². The summed E-state index contributed by atoms with van der Waals surface area (Å²) < 4.78 is 5.84. The molecule has 0 aromatic heterocycles. The zero-order valence-electron chi connectivity index (χ0n) is 13.9. The number of nitrogens with zero attached hydrogens (tertiary/aromatic N) is 1. The Balaban J connectivity index is 1.52. The Morgan fingerprint density at radius 2 is 1.96 bits per heavy atom. The molecule has 2 aliphatic heterocycles. The molecule has 0 saturated carbocycles. The van der Waals surface area contributed by atoms with E-state index in [0.717, 1.165) is 16.8 Å². The first-order chi connectivity index (χ1) is 12.2. The van der Waals surface area contributed by atoms with Crippen LogP contribution < -0.4 is 5.32 Å². The Kier molecular flexibility index (Phi) is 4.24. The first kappa shape index (κ1) is 15.8. The van der Waals surface area contributed by atoms with E-state index in [9.17, 15) is 9.59 Å². The average Bonchev–Trinajstić information content (AvgIpc) is 2.68. The lowest BCUT2D eigenvalue weighted by molar-refractivity contribution is -0.116. The van der Waals surface area contributed by atoms with Gasteiger partial charge in [0.2, 0.25) is 5.91 Å². The summed E-state index contributed by atoms with van der Waals surface area (Å²) in [4.78, 5) is 26.2. The third-order valence-corrected chi connectivity index (χ3v) is 4.77. The topological polar surface area (TPSA) is 58.6 Å². The molecule has 128 valence electrons. The second kappa shape index (κ2) is 6.69. The predicted molar refractivity (Wildman–Crippen MR) is 94.4 cm³/mol. The lowest BCUT2D eigenvalue weighted by Gasteiger charge is -2.33. The van der Waals surface area contributed by atoms with Crippen molar-refractivity contribution in [1.82, 2.24) is 4.90 Å². The van der Waals surface area contributed by atoms with Gasteiger partial charge in [0.15, 0.2) is 0 Å². The van der Waals surface area contributed by atoms with Crippen molar-refractivity contribution in [3.63, 3.8) is 0 Å². The van der Waals surface area contributed by atoms with Crippen LogP contribution in [0.15, 0.2) is 48.5 Å². The molecule has 5 nitrogen and oxygen atoms in total. The monoisotopic (exact) mass is 336 g/mol. The van der Waals surface area contributed by atoms with Gasteiger partial charge in [0, 0.05) is 24.2 Å². The average molecular weight is 336 g/mol. The van der Waals surface area contributed by atoms with Crippen molar-refractivity contribution in [2.24, 2.45) is 0 Å². The molecule has 1 N–H and O–H groups in total. The number of carbonyl (C=O) groups is 2. The molecule has 2 aromatic rings. The number of hydrogen-bond donors (Lipinski definition) is 1. The fourth-order valence-electron chi connectivity index (χ4n) is 3.40. The highest BCUT2D eigenvalue weighted by Gasteiger charge is 2.27. The molecule has 2 heterocycles. The summed E-state index contributed by atoms with van der Waals surface area (Å²) in [6.07, 6.45) is 1.06. The normalized spacial score (nSPS) is 19.9. The molecule has 0 radical (unpaired) electrons. The number of nitrogens with one attached hydrogen (secondary N) is 1. The Morgan fingerprint density at radius 1 is 1.12 bits per heavy atom. The number of anilines is 1. The van der Waals surface area contributed by atoms with Crippen molar-refractivity contribution in [1.29, 1.82) is 0 Å². The van der Waals surface area contributed by atoms with Gasteiger partial charge in [0.05, 0.1) is 13.2 Å². The highest BCUT2D eigenvalue weighted by Crippen LogP contribution is 2.26. The number of benzene rings is 2. The SMILES string of the molecule is O=C1CCc2cc(C(=O)N3CCO[C@@H](c4ccccc4)C3)ccc2N1. The number of ether oxygens (including phenoxy) is 1. The zero-order chi connectivity index (χ0) is 17.2. The van der Waals surface area contributed by atoms with E-state index >= 15 is 0 Å². The molecule has 5 heteroatoms. The standard InChI is InChI=1S/C20H20N2O3/c23-19-9-7-15-12-16(6-8-17(15)21-19)20(24)22-10-11-25-18(13-22)14-4-2-1-3-5-14/h1-6,8,12,18H,7,9-11,13H2,(H,21,23)/t18-/m1/s1. The van der Waals surface area contributed by atoms with Crippen molar-refractivity contribution in [2.75, 3.05) is 25.0 Å². The number of fused-ring (bicyclic) bond motifs is 1. The molecule has 2 amide bonds. The second-order valence-electron chi connectivity index (χ2n) is 6.44. The van der Waals surface area contributed by atoms with E-state index < -0.39 is 0 Å². The number of amides is 2. The third kappa shape index (κ3) is 3.28. The highest BCUT2D eigenvalue weighted by molar-refractivity contribution is 5.98. The minimum Gasteiger partial charge on any atom is -0.370 e. The molecular formula is C20H20N2O3. The van der Waals surface area contributed by atoms with Gasteiger partial charge in [0.1, 0.15) is 6.10 Å². The van der Waals surface area contributed by atoms with E-state index in [0.29, 0.717) is 38.1 Å². The van der Waals surface area contributed by atoms with Crippen molar-refractivity contribution in [3.05, 3.63) is 65.2 Å². The zero-order valence-corrected chi connectivity index (χ0v) is 13.9. The Bertz CT molecular complexity index is 804. The summed E-state index contributed by atoms with van der Waals surface area (Å²) in [5.41, 5.74) is 3.60.